The standard InChI is InChI=1S/C14H13BrClNO2S/c1-2-10-5-3-4-6-13(10)17-20(18,19)14-8-7-11(15)9-12(14)16/h3-9,17H,2H2,1H3. The Labute approximate surface area is 132 Å². The van der Waals surface area contributed by atoms with Gasteiger partial charge in [-0.15, -0.1) is 0 Å². The maximum atomic E-state index is 12.4. The number of rotatable bonds is 4. The lowest BCUT2D eigenvalue weighted by Gasteiger charge is -2.12. The van der Waals surface area contributed by atoms with Crippen LogP contribution in [0.4, 0.5) is 5.69 Å². The molecule has 0 amide bonds. The summed E-state index contributed by atoms with van der Waals surface area (Å²) in [6.45, 7) is 1.97. The van der Waals surface area contributed by atoms with E-state index in [1.165, 1.54) is 6.07 Å². The van der Waals surface area contributed by atoms with Gasteiger partial charge in [0.05, 0.1) is 10.7 Å². The minimum atomic E-state index is -3.70. The second-order valence-corrected chi connectivity index (χ2v) is 7.16. The van der Waals surface area contributed by atoms with E-state index in [9.17, 15) is 8.42 Å². The Morgan fingerprint density at radius 3 is 2.55 bits per heavy atom. The van der Waals surface area contributed by atoms with Gasteiger partial charge >= 0.3 is 0 Å². The number of halogens is 2. The highest BCUT2D eigenvalue weighted by molar-refractivity contribution is 9.10. The fourth-order valence-corrected chi connectivity index (χ4v) is 3.96. The van der Waals surface area contributed by atoms with Gasteiger partial charge in [-0.2, -0.15) is 0 Å². The molecule has 0 spiro atoms. The first-order valence-electron chi connectivity index (χ1n) is 6.00. The van der Waals surface area contributed by atoms with Crippen LogP contribution in [0.1, 0.15) is 12.5 Å². The van der Waals surface area contributed by atoms with E-state index in [0.717, 1.165) is 16.5 Å². The van der Waals surface area contributed by atoms with Crippen molar-refractivity contribution in [3.8, 4) is 0 Å². The van der Waals surface area contributed by atoms with E-state index in [0.29, 0.717) is 5.69 Å². The average Bonchev–Trinajstić information content (AvgIpc) is 2.38. The van der Waals surface area contributed by atoms with Crippen LogP contribution in [0.5, 0.6) is 0 Å². The molecule has 0 aromatic heterocycles. The number of nitrogens with one attached hydrogen (secondary N) is 1. The first kappa shape index (κ1) is 15.4. The van der Waals surface area contributed by atoms with Crippen molar-refractivity contribution in [1.29, 1.82) is 0 Å². The Hall–Kier alpha value is -1.04. The van der Waals surface area contributed by atoms with Crippen molar-refractivity contribution in [2.24, 2.45) is 0 Å². The summed E-state index contributed by atoms with van der Waals surface area (Å²) in [4.78, 5) is 0.0632. The Kier molecular flexibility index (Phi) is 4.73. The molecule has 0 radical (unpaired) electrons. The number of hydrogen-bond acceptors (Lipinski definition) is 2. The first-order chi connectivity index (χ1) is 9.44. The zero-order valence-corrected chi connectivity index (χ0v) is 13.9. The van der Waals surface area contributed by atoms with Crippen LogP contribution in [0.25, 0.3) is 0 Å². The van der Waals surface area contributed by atoms with Gasteiger partial charge < -0.3 is 0 Å². The van der Waals surface area contributed by atoms with Crippen molar-refractivity contribution >= 4 is 43.2 Å². The number of aryl methyl sites for hydroxylation is 1. The van der Waals surface area contributed by atoms with Crippen LogP contribution in [-0.2, 0) is 16.4 Å². The largest absolute Gasteiger partial charge is 0.279 e. The molecule has 0 fully saturated rings. The molecular formula is C14H13BrClNO2S. The molecule has 0 bridgehead atoms. The third-order valence-electron chi connectivity index (χ3n) is 2.83. The van der Waals surface area contributed by atoms with Crippen LogP contribution in [0, 0.1) is 0 Å². The molecule has 2 rings (SSSR count). The normalized spacial score (nSPS) is 11.3. The third kappa shape index (κ3) is 3.34. The Balaban J connectivity index is 2.41. The molecular weight excluding hydrogens is 362 g/mol. The molecule has 1 N–H and O–H groups in total. The molecule has 0 aliphatic carbocycles. The maximum absolute atomic E-state index is 12.4. The molecule has 0 heterocycles. The molecule has 20 heavy (non-hydrogen) atoms. The minimum absolute atomic E-state index is 0.0632. The minimum Gasteiger partial charge on any atom is -0.279 e. The predicted octanol–water partition coefficient (Wildman–Crippen LogP) is 4.47. The molecule has 6 heteroatoms. The highest BCUT2D eigenvalue weighted by Crippen LogP contribution is 2.27. The second kappa shape index (κ2) is 6.16. The maximum Gasteiger partial charge on any atom is 0.263 e. The van der Waals surface area contributed by atoms with Gasteiger partial charge in [-0.25, -0.2) is 8.42 Å². The van der Waals surface area contributed by atoms with E-state index < -0.39 is 10.0 Å². The Morgan fingerprint density at radius 2 is 1.90 bits per heavy atom. The monoisotopic (exact) mass is 373 g/mol. The number of para-hydroxylation sites is 1. The van der Waals surface area contributed by atoms with Gasteiger partial charge in [-0.1, -0.05) is 52.7 Å². The van der Waals surface area contributed by atoms with E-state index in [4.69, 9.17) is 11.6 Å². The summed E-state index contributed by atoms with van der Waals surface area (Å²) in [5.74, 6) is 0. The van der Waals surface area contributed by atoms with E-state index >= 15 is 0 Å². The molecule has 0 atom stereocenters. The number of benzene rings is 2. The highest BCUT2D eigenvalue weighted by Gasteiger charge is 2.19. The second-order valence-electron chi connectivity index (χ2n) is 4.19. The summed E-state index contributed by atoms with van der Waals surface area (Å²) in [5.41, 5.74) is 1.51. The highest BCUT2D eigenvalue weighted by atomic mass is 79.9. The van der Waals surface area contributed by atoms with Gasteiger partial charge in [0.15, 0.2) is 0 Å². The van der Waals surface area contributed by atoms with Crippen LogP contribution >= 0.6 is 27.5 Å². The fraction of sp³-hybridized carbons (Fsp3) is 0.143. The van der Waals surface area contributed by atoms with Crippen molar-refractivity contribution in [2.45, 2.75) is 18.2 Å². The predicted molar refractivity (Wildman–Crippen MR) is 85.8 cm³/mol. The van der Waals surface area contributed by atoms with Gasteiger partial charge in [0.1, 0.15) is 4.90 Å². The first-order valence-corrected chi connectivity index (χ1v) is 8.65. The van der Waals surface area contributed by atoms with Gasteiger partial charge in [0.25, 0.3) is 10.0 Å². The number of anilines is 1. The molecule has 3 nitrogen and oxygen atoms in total. The molecule has 106 valence electrons. The van der Waals surface area contributed by atoms with Crippen LogP contribution in [-0.4, -0.2) is 8.42 Å². The third-order valence-corrected chi connectivity index (χ3v) is 5.17. The van der Waals surface area contributed by atoms with Crippen molar-refractivity contribution in [3.05, 3.63) is 57.5 Å². The Bertz CT molecular complexity index is 732. The average molecular weight is 375 g/mol. The number of sulfonamides is 1. The lowest BCUT2D eigenvalue weighted by Crippen LogP contribution is -2.14. The summed E-state index contributed by atoms with van der Waals surface area (Å²) >= 11 is 9.26. The summed E-state index contributed by atoms with van der Waals surface area (Å²) in [6.07, 6.45) is 0.743. The molecule has 0 saturated heterocycles. The van der Waals surface area contributed by atoms with Crippen LogP contribution in [0.2, 0.25) is 5.02 Å². The summed E-state index contributed by atoms with van der Waals surface area (Å²) in [7, 11) is -3.70. The lowest BCUT2D eigenvalue weighted by molar-refractivity contribution is 0.601. The summed E-state index contributed by atoms with van der Waals surface area (Å²) < 4.78 is 28.1. The zero-order chi connectivity index (χ0) is 14.8. The van der Waals surface area contributed by atoms with Gasteiger partial charge in [-0.3, -0.25) is 4.72 Å². The van der Waals surface area contributed by atoms with Crippen molar-refractivity contribution in [1.82, 2.24) is 0 Å². The fourth-order valence-electron chi connectivity index (χ4n) is 1.82. The van der Waals surface area contributed by atoms with Crippen LogP contribution in [0.3, 0.4) is 0 Å². The summed E-state index contributed by atoms with van der Waals surface area (Å²) in [6, 6.07) is 12.0. The number of hydrogen-bond donors (Lipinski definition) is 1. The molecule has 0 saturated carbocycles. The van der Waals surface area contributed by atoms with Gasteiger partial charge in [0.2, 0.25) is 0 Å². The van der Waals surface area contributed by atoms with Crippen LogP contribution in [0.15, 0.2) is 51.8 Å². The summed E-state index contributed by atoms with van der Waals surface area (Å²) in [5, 5.41) is 0.181. The van der Waals surface area contributed by atoms with Gasteiger partial charge in [0, 0.05) is 4.47 Å². The van der Waals surface area contributed by atoms with Crippen LogP contribution < -0.4 is 4.72 Å². The van der Waals surface area contributed by atoms with Crippen molar-refractivity contribution < 1.29 is 8.42 Å². The van der Waals surface area contributed by atoms with Crippen molar-refractivity contribution in [2.75, 3.05) is 4.72 Å². The van der Waals surface area contributed by atoms with Crippen molar-refractivity contribution in [3.63, 3.8) is 0 Å². The lowest BCUT2D eigenvalue weighted by atomic mass is 10.1. The van der Waals surface area contributed by atoms with Gasteiger partial charge in [-0.05, 0) is 36.2 Å². The molecule has 2 aromatic carbocycles. The van der Waals surface area contributed by atoms with E-state index in [1.807, 2.05) is 19.1 Å². The SMILES string of the molecule is CCc1ccccc1NS(=O)(=O)c1ccc(Br)cc1Cl. The van der Waals surface area contributed by atoms with E-state index in [2.05, 4.69) is 20.7 Å². The Morgan fingerprint density at radius 1 is 1.20 bits per heavy atom. The topological polar surface area (TPSA) is 46.2 Å². The molecule has 0 unspecified atom stereocenters. The van der Waals surface area contributed by atoms with E-state index in [1.54, 1.807) is 24.3 Å². The smallest absolute Gasteiger partial charge is 0.263 e. The quantitative estimate of drug-likeness (QED) is 0.858. The molecule has 0 aliphatic heterocycles. The molecule has 2 aromatic rings. The zero-order valence-electron chi connectivity index (χ0n) is 10.7. The van der Waals surface area contributed by atoms with E-state index in [-0.39, 0.29) is 9.92 Å². The molecule has 0 aliphatic rings.